The van der Waals surface area contributed by atoms with Crippen LogP contribution < -0.4 is 4.74 Å². The van der Waals surface area contributed by atoms with Crippen LogP contribution in [0.3, 0.4) is 0 Å². The third-order valence-corrected chi connectivity index (χ3v) is 5.05. The summed E-state index contributed by atoms with van der Waals surface area (Å²) in [6.45, 7) is 2.14. The molecule has 1 saturated heterocycles. The molecule has 2 atom stereocenters. The summed E-state index contributed by atoms with van der Waals surface area (Å²) in [7, 11) is 0. The van der Waals surface area contributed by atoms with E-state index in [1.165, 1.54) is 0 Å². The summed E-state index contributed by atoms with van der Waals surface area (Å²) in [6.07, 6.45) is -1.51. The minimum Gasteiger partial charge on any atom is -0.429 e. The molecule has 0 N–H and O–H groups in total. The maximum absolute atomic E-state index is 14.6. The topological polar surface area (TPSA) is 18.5 Å². The number of alkyl halides is 2. The largest absolute Gasteiger partial charge is 0.429 e. The summed E-state index contributed by atoms with van der Waals surface area (Å²) in [5.41, 5.74) is -1.55. The molecule has 0 spiro atoms. The SMILES string of the molecule is CCCC1CCC(c2ccc(C(F)(F)Oc3cc(F)c(F)c(F)c3)c(F)c2F)CO1. The Kier molecular flexibility index (Phi) is 6.59. The number of benzene rings is 2. The lowest BCUT2D eigenvalue weighted by atomic mass is 9.89. The van der Waals surface area contributed by atoms with Crippen molar-refractivity contribution in [1.82, 2.24) is 0 Å². The third kappa shape index (κ3) is 4.55. The van der Waals surface area contributed by atoms with Crippen molar-refractivity contribution in [3.63, 3.8) is 0 Å². The molecule has 2 unspecified atom stereocenters. The highest BCUT2D eigenvalue weighted by molar-refractivity contribution is 5.33. The van der Waals surface area contributed by atoms with Gasteiger partial charge >= 0.3 is 6.11 Å². The third-order valence-electron chi connectivity index (χ3n) is 5.05. The van der Waals surface area contributed by atoms with E-state index >= 15 is 0 Å². The highest BCUT2D eigenvalue weighted by Crippen LogP contribution is 2.38. The van der Waals surface area contributed by atoms with Gasteiger partial charge in [-0.1, -0.05) is 19.4 Å². The van der Waals surface area contributed by atoms with Gasteiger partial charge in [0.25, 0.3) is 0 Å². The van der Waals surface area contributed by atoms with Crippen LogP contribution in [0.15, 0.2) is 24.3 Å². The van der Waals surface area contributed by atoms with Gasteiger partial charge in [-0.3, -0.25) is 0 Å². The molecular weight excluding hydrogens is 417 g/mol. The van der Waals surface area contributed by atoms with E-state index in [2.05, 4.69) is 4.74 Å². The van der Waals surface area contributed by atoms with Crippen molar-refractivity contribution < 1.29 is 40.2 Å². The molecule has 0 aromatic heterocycles. The van der Waals surface area contributed by atoms with Crippen LogP contribution >= 0.6 is 0 Å². The molecule has 1 aliphatic heterocycles. The summed E-state index contributed by atoms with van der Waals surface area (Å²) >= 11 is 0. The zero-order chi connectivity index (χ0) is 22.1. The normalized spacial score (nSPS) is 19.7. The molecule has 0 radical (unpaired) electrons. The van der Waals surface area contributed by atoms with Gasteiger partial charge in [0.05, 0.1) is 12.7 Å². The quantitative estimate of drug-likeness (QED) is 0.377. The Hall–Kier alpha value is -2.29. The fourth-order valence-corrected chi connectivity index (χ4v) is 3.50. The standard InChI is InChI=1S/C21H19F7O2/c1-2-3-12-5-4-11(10-29-12)14-6-7-15(19(25)18(14)24)21(27,28)30-13-8-16(22)20(26)17(23)9-13/h6-9,11-12H,2-5,10H2,1H3. The first-order valence-corrected chi connectivity index (χ1v) is 9.45. The van der Waals surface area contributed by atoms with E-state index < -0.39 is 52.4 Å². The van der Waals surface area contributed by atoms with Crippen molar-refractivity contribution >= 4 is 0 Å². The van der Waals surface area contributed by atoms with Gasteiger partial charge < -0.3 is 9.47 Å². The van der Waals surface area contributed by atoms with Crippen LogP contribution in [0.2, 0.25) is 0 Å². The average Bonchev–Trinajstić information content (AvgIpc) is 2.68. The monoisotopic (exact) mass is 436 g/mol. The smallest absolute Gasteiger partial charge is 0.429 e. The van der Waals surface area contributed by atoms with Gasteiger partial charge in [-0.2, -0.15) is 8.78 Å². The van der Waals surface area contributed by atoms with E-state index in [9.17, 15) is 30.7 Å². The second-order valence-corrected chi connectivity index (χ2v) is 7.17. The van der Waals surface area contributed by atoms with E-state index in [1.807, 2.05) is 6.92 Å². The van der Waals surface area contributed by atoms with Crippen molar-refractivity contribution in [2.24, 2.45) is 0 Å². The molecule has 2 aromatic carbocycles. The van der Waals surface area contributed by atoms with Crippen molar-refractivity contribution in [2.45, 2.75) is 50.7 Å². The minimum absolute atomic E-state index is 0.0349. The van der Waals surface area contributed by atoms with E-state index in [1.54, 1.807) is 0 Å². The molecule has 1 heterocycles. The molecule has 30 heavy (non-hydrogen) atoms. The first-order chi connectivity index (χ1) is 14.1. The molecular formula is C21H19F7O2. The zero-order valence-corrected chi connectivity index (χ0v) is 16.0. The summed E-state index contributed by atoms with van der Waals surface area (Å²) in [5.74, 6) is -10.3. The van der Waals surface area contributed by atoms with Crippen molar-refractivity contribution in [1.29, 1.82) is 0 Å². The lowest BCUT2D eigenvalue weighted by molar-refractivity contribution is -0.188. The van der Waals surface area contributed by atoms with E-state index in [0.717, 1.165) is 18.9 Å². The fourth-order valence-electron chi connectivity index (χ4n) is 3.50. The summed E-state index contributed by atoms with van der Waals surface area (Å²) in [6, 6.07) is 2.04. The second-order valence-electron chi connectivity index (χ2n) is 7.17. The molecule has 0 bridgehead atoms. The van der Waals surface area contributed by atoms with Gasteiger partial charge in [-0.15, -0.1) is 0 Å². The van der Waals surface area contributed by atoms with E-state index in [4.69, 9.17) is 4.74 Å². The lowest BCUT2D eigenvalue weighted by Crippen LogP contribution is -2.27. The summed E-state index contributed by atoms with van der Waals surface area (Å²) in [4.78, 5) is 0. The first-order valence-electron chi connectivity index (χ1n) is 9.45. The second kappa shape index (κ2) is 8.83. The van der Waals surface area contributed by atoms with Gasteiger partial charge in [0.1, 0.15) is 11.3 Å². The van der Waals surface area contributed by atoms with Gasteiger partial charge in [0, 0.05) is 18.1 Å². The molecule has 3 rings (SSSR count). The van der Waals surface area contributed by atoms with Crippen LogP contribution in [0.25, 0.3) is 0 Å². The van der Waals surface area contributed by atoms with Crippen molar-refractivity contribution in [3.8, 4) is 5.75 Å². The Morgan fingerprint density at radius 1 is 0.967 bits per heavy atom. The molecule has 0 aliphatic carbocycles. The van der Waals surface area contributed by atoms with E-state index in [0.29, 0.717) is 18.9 Å². The Morgan fingerprint density at radius 2 is 1.63 bits per heavy atom. The lowest BCUT2D eigenvalue weighted by Gasteiger charge is -2.30. The highest BCUT2D eigenvalue weighted by Gasteiger charge is 2.40. The molecule has 2 aromatic rings. The average molecular weight is 436 g/mol. The Morgan fingerprint density at radius 3 is 2.20 bits per heavy atom. The Labute approximate surface area is 168 Å². The van der Waals surface area contributed by atoms with Crippen LogP contribution in [0.1, 0.15) is 49.7 Å². The summed E-state index contributed by atoms with van der Waals surface area (Å²) in [5, 5.41) is 0. The molecule has 1 fully saturated rings. The van der Waals surface area contributed by atoms with Crippen LogP contribution in [0.5, 0.6) is 5.75 Å². The Bertz CT molecular complexity index is 885. The van der Waals surface area contributed by atoms with Gasteiger partial charge in [-0.25, -0.2) is 22.0 Å². The zero-order valence-electron chi connectivity index (χ0n) is 16.0. The van der Waals surface area contributed by atoms with Gasteiger partial charge in [-0.05, 0) is 30.9 Å². The predicted octanol–water partition coefficient (Wildman–Crippen LogP) is 6.57. The highest BCUT2D eigenvalue weighted by atomic mass is 19.3. The molecule has 0 amide bonds. The minimum atomic E-state index is -4.46. The molecule has 2 nitrogen and oxygen atoms in total. The van der Waals surface area contributed by atoms with Crippen LogP contribution in [0.4, 0.5) is 30.7 Å². The van der Waals surface area contributed by atoms with Gasteiger partial charge in [0.15, 0.2) is 29.1 Å². The number of hydrogen-bond acceptors (Lipinski definition) is 2. The maximum Gasteiger partial charge on any atom is 0.429 e. The molecule has 0 saturated carbocycles. The molecule has 1 aliphatic rings. The fraction of sp³-hybridized carbons (Fsp3) is 0.429. The van der Waals surface area contributed by atoms with Crippen LogP contribution in [-0.2, 0) is 10.8 Å². The number of rotatable bonds is 6. The maximum atomic E-state index is 14.6. The Balaban J connectivity index is 1.82. The molecule has 164 valence electrons. The number of ether oxygens (including phenoxy) is 2. The number of hydrogen-bond donors (Lipinski definition) is 0. The summed E-state index contributed by atoms with van der Waals surface area (Å²) < 4.78 is 107. The first kappa shape index (κ1) is 22.4. The number of halogens is 7. The van der Waals surface area contributed by atoms with Crippen molar-refractivity contribution in [2.75, 3.05) is 6.61 Å². The van der Waals surface area contributed by atoms with Gasteiger partial charge in [0.2, 0.25) is 0 Å². The predicted molar refractivity (Wildman–Crippen MR) is 93.8 cm³/mol. The van der Waals surface area contributed by atoms with Crippen LogP contribution in [0, 0.1) is 29.1 Å². The van der Waals surface area contributed by atoms with Crippen LogP contribution in [-0.4, -0.2) is 12.7 Å². The van der Waals surface area contributed by atoms with Crippen molar-refractivity contribution in [3.05, 3.63) is 64.5 Å². The van der Waals surface area contributed by atoms with E-state index in [-0.39, 0.29) is 30.4 Å². The molecule has 9 heteroatoms.